The second-order valence-electron chi connectivity index (χ2n) is 13.2. The Labute approximate surface area is 232 Å². The van der Waals surface area contributed by atoms with E-state index in [4.69, 9.17) is 9.72 Å². The molecule has 0 bridgehead atoms. The molecule has 1 aliphatic heterocycles. The number of nitrogens with one attached hydrogen (secondary N) is 1. The zero-order valence-corrected chi connectivity index (χ0v) is 25.2. The van der Waals surface area contributed by atoms with Crippen LogP contribution in [-0.4, -0.2) is 38.5 Å². The highest BCUT2D eigenvalue weighted by atomic mass is 32.2. The van der Waals surface area contributed by atoms with Gasteiger partial charge < -0.3 is 14.4 Å². The van der Waals surface area contributed by atoms with Gasteiger partial charge in [0, 0.05) is 29.4 Å². The molecule has 7 heteroatoms. The lowest BCUT2D eigenvalue weighted by molar-refractivity contribution is -0.122. The molecule has 1 aliphatic carbocycles. The standard InChI is InChI=1S/C31H45N3O3S/c1-9-21-18-37-27(15-23(21)30(5,6)19-35)33-28(36)31(7,8)38-22-12-13-25-24(14-22)32-26(16-29(2,3)4)34(25)17-20-10-11-20/h12-15,20,35H,9-11,16-19H2,1-8H3,(H,33,36). The van der Waals surface area contributed by atoms with Crippen LogP contribution in [0.25, 0.3) is 11.0 Å². The van der Waals surface area contributed by atoms with Gasteiger partial charge in [0.2, 0.25) is 5.91 Å². The van der Waals surface area contributed by atoms with E-state index in [-0.39, 0.29) is 17.9 Å². The van der Waals surface area contributed by atoms with E-state index in [1.165, 1.54) is 30.1 Å². The van der Waals surface area contributed by atoms with Crippen LogP contribution in [0.1, 0.15) is 80.5 Å². The van der Waals surface area contributed by atoms with Crippen molar-refractivity contribution < 1.29 is 14.6 Å². The normalized spacial score (nSPS) is 17.0. The van der Waals surface area contributed by atoms with Crippen molar-refractivity contribution in [2.75, 3.05) is 13.2 Å². The summed E-state index contributed by atoms with van der Waals surface area (Å²) in [5, 5.41) is 12.9. The van der Waals surface area contributed by atoms with Gasteiger partial charge in [0.1, 0.15) is 12.4 Å². The number of imidazole rings is 1. The van der Waals surface area contributed by atoms with E-state index < -0.39 is 10.2 Å². The average Bonchev–Trinajstić information content (AvgIpc) is 3.60. The summed E-state index contributed by atoms with van der Waals surface area (Å²) in [6, 6.07) is 6.40. The van der Waals surface area contributed by atoms with Gasteiger partial charge in [0.05, 0.1) is 22.4 Å². The van der Waals surface area contributed by atoms with E-state index in [2.05, 4.69) is 55.8 Å². The SMILES string of the molecule is CCC1=C(C(C)(C)CO)C=C(NC(=O)C(C)(C)Sc2ccc3c(c2)nc(CC(C)(C)C)n3CC2CC2)OC1. The number of amides is 1. The Morgan fingerprint density at radius 1 is 1.18 bits per heavy atom. The third-order valence-corrected chi connectivity index (χ3v) is 8.58. The molecule has 1 amide bonds. The number of aromatic nitrogens is 2. The molecule has 1 saturated carbocycles. The molecule has 208 valence electrons. The van der Waals surface area contributed by atoms with Gasteiger partial charge in [-0.15, -0.1) is 11.8 Å². The summed E-state index contributed by atoms with van der Waals surface area (Å²) in [4.78, 5) is 19.5. The number of thioether (sulfide) groups is 1. The minimum atomic E-state index is -0.732. The molecule has 0 unspecified atom stereocenters. The number of carbonyl (C=O) groups excluding carboxylic acids is 1. The van der Waals surface area contributed by atoms with Gasteiger partial charge >= 0.3 is 0 Å². The number of hydrogen-bond acceptors (Lipinski definition) is 5. The van der Waals surface area contributed by atoms with Crippen LogP contribution in [0.15, 0.2) is 46.2 Å². The summed E-state index contributed by atoms with van der Waals surface area (Å²) >= 11 is 1.53. The highest BCUT2D eigenvalue weighted by Crippen LogP contribution is 2.38. The van der Waals surface area contributed by atoms with Gasteiger partial charge in [-0.2, -0.15) is 0 Å². The molecule has 4 rings (SSSR count). The monoisotopic (exact) mass is 539 g/mol. The van der Waals surface area contributed by atoms with E-state index in [0.29, 0.717) is 12.5 Å². The number of rotatable bonds is 10. The van der Waals surface area contributed by atoms with Crippen molar-refractivity contribution in [1.82, 2.24) is 14.9 Å². The predicted molar refractivity (Wildman–Crippen MR) is 156 cm³/mol. The molecule has 2 aliphatic rings. The fourth-order valence-electron chi connectivity index (χ4n) is 4.84. The molecular weight excluding hydrogens is 494 g/mol. The maximum Gasteiger partial charge on any atom is 0.242 e. The van der Waals surface area contributed by atoms with E-state index in [0.717, 1.165) is 52.7 Å². The lowest BCUT2D eigenvalue weighted by Gasteiger charge is -2.31. The third-order valence-electron chi connectivity index (χ3n) is 7.39. The van der Waals surface area contributed by atoms with Gasteiger partial charge in [-0.25, -0.2) is 4.98 Å². The van der Waals surface area contributed by atoms with Gasteiger partial charge in [-0.1, -0.05) is 41.5 Å². The van der Waals surface area contributed by atoms with Crippen molar-refractivity contribution in [2.45, 2.75) is 97.3 Å². The molecule has 1 fully saturated rings. The van der Waals surface area contributed by atoms with Crippen molar-refractivity contribution in [1.29, 1.82) is 0 Å². The number of aliphatic hydroxyl groups excluding tert-OH is 1. The molecule has 0 atom stereocenters. The number of nitrogens with zero attached hydrogens (tertiary/aromatic N) is 2. The minimum Gasteiger partial charge on any atom is -0.474 e. The van der Waals surface area contributed by atoms with Crippen LogP contribution in [0.2, 0.25) is 0 Å². The summed E-state index contributed by atoms with van der Waals surface area (Å²) in [6.45, 7) is 18.2. The molecule has 2 aromatic rings. The first-order valence-electron chi connectivity index (χ1n) is 13.9. The van der Waals surface area contributed by atoms with Crippen LogP contribution in [0.4, 0.5) is 0 Å². The Hall–Kier alpha value is -2.25. The molecular formula is C31H45N3O3S. The summed E-state index contributed by atoms with van der Waals surface area (Å²) in [7, 11) is 0. The number of allylic oxidation sites excluding steroid dienone is 1. The van der Waals surface area contributed by atoms with Crippen molar-refractivity contribution in [2.24, 2.45) is 16.7 Å². The van der Waals surface area contributed by atoms with Gasteiger partial charge in [-0.3, -0.25) is 10.1 Å². The van der Waals surface area contributed by atoms with Crippen molar-refractivity contribution in [3.63, 3.8) is 0 Å². The van der Waals surface area contributed by atoms with E-state index in [1.807, 2.05) is 33.8 Å². The lowest BCUT2D eigenvalue weighted by Crippen LogP contribution is -2.40. The van der Waals surface area contributed by atoms with Gasteiger partial charge in [-0.05, 0) is 73.8 Å². The Bertz CT molecular complexity index is 1260. The summed E-state index contributed by atoms with van der Waals surface area (Å²) in [6.07, 6.45) is 6.27. The first-order chi connectivity index (χ1) is 17.7. The topological polar surface area (TPSA) is 76.4 Å². The number of hydrogen-bond donors (Lipinski definition) is 2. The smallest absolute Gasteiger partial charge is 0.242 e. The fraction of sp³-hybridized carbons (Fsp3) is 0.613. The molecule has 0 spiro atoms. The second kappa shape index (κ2) is 10.7. The number of aliphatic hydroxyl groups is 1. The van der Waals surface area contributed by atoms with Crippen molar-refractivity contribution in [3.05, 3.63) is 47.1 Å². The molecule has 2 N–H and O–H groups in total. The largest absolute Gasteiger partial charge is 0.474 e. The van der Waals surface area contributed by atoms with Crippen LogP contribution in [-0.2, 0) is 22.5 Å². The van der Waals surface area contributed by atoms with Crippen molar-refractivity contribution in [3.8, 4) is 0 Å². The Kier molecular flexibility index (Phi) is 8.11. The van der Waals surface area contributed by atoms with Crippen molar-refractivity contribution >= 4 is 28.7 Å². The van der Waals surface area contributed by atoms with Crippen LogP contribution in [0.3, 0.4) is 0 Å². The Morgan fingerprint density at radius 3 is 2.50 bits per heavy atom. The molecule has 0 radical (unpaired) electrons. The first-order valence-corrected chi connectivity index (χ1v) is 14.7. The minimum absolute atomic E-state index is 0.0290. The first kappa shape index (κ1) is 28.8. The zero-order chi connectivity index (χ0) is 27.9. The molecule has 0 saturated heterocycles. The number of benzene rings is 1. The van der Waals surface area contributed by atoms with Crippen LogP contribution in [0, 0.1) is 16.7 Å². The lowest BCUT2D eigenvalue weighted by atomic mass is 9.80. The summed E-state index contributed by atoms with van der Waals surface area (Å²) in [5.74, 6) is 2.24. The van der Waals surface area contributed by atoms with Crippen LogP contribution >= 0.6 is 11.8 Å². The summed E-state index contributed by atoms with van der Waals surface area (Å²) < 4.78 is 7.57. The molecule has 38 heavy (non-hydrogen) atoms. The fourth-order valence-corrected chi connectivity index (χ4v) is 5.88. The molecule has 6 nitrogen and oxygen atoms in total. The zero-order valence-electron chi connectivity index (χ0n) is 24.4. The maximum absolute atomic E-state index is 13.4. The molecule has 2 heterocycles. The number of fused-ring (bicyclic) bond motifs is 1. The number of ether oxygens (including phenoxy) is 1. The second-order valence-corrected chi connectivity index (χ2v) is 14.9. The highest BCUT2D eigenvalue weighted by Gasteiger charge is 2.33. The summed E-state index contributed by atoms with van der Waals surface area (Å²) in [5.41, 5.74) is 4.12. The highest BCUT2D eigenvalue weighted by molar-refractivity contribution is 8.01. The average molecular weight is 540 g/mol. The quantitative estimate of drug-likeness (QED) is 0.332. The molecule has 1 aromatic heterocycles. The Morgan fingerprint density at radius 2 is 1.89 bits per heavy atom. The van der Waals surface area contributed by atoms with Crippen LogP contribution < -0.4 is 5.32 Å². The predicted octanol–water partition coefficient (Wildman–Crippen LogP) is 6.62. The number of carbonyl (C=O) groups is 1. The third kappa shape index (κ3) is 6.66. The Balaban J connectivity index is 1.53. The van der Waals surface area contributed by atoms with E-state index in [9.17, 15) is 9.90 Å². The van der Waals surface area contributed by atoms with Gasteiger partial charge in [0.15, 0.2) is 5.88 Å². The van der Waals surface area contributed by atoms with Gasteiger partial charge in [0.25, 0.3) is 0 Å². The molecule has 1 aromatic carbocycles. The van der Waals surface area contributed by atoms with E-state index in [1.54, 1.807) is 0 Å². The van der Waals surface area contributed by atoms with E-state index >= 15 is 0 Å². The van der Waals surface area contributed by atoms with Crippen LogP contribution in [0.5, 0.6) is 0 Å². The maximum atomic E-state index is 13.4.